The number of nitrogens with one attached hydrogen (secondary N) is 1. The van der Waals surface area contributed by atoms with E-state index in [0.29, 0.717) is 11.3 Å². The largest absolute Gasteiger partial charge is 0.504 e. The lowest BCUT2D eigenvalue weighted by Gasteiger charge is -2.21. The number of hydrogen-bond donors (Lipinski definition) is 2. The highest BCUT2D eigenvalue weighted by Crippen LogP contribution is 2.36. The average Bonchev–Trinajstić information content (AvgIpc) is 2.28. The molecule has 0 aliphatic carbocycles. The van der Waals surface area contributed by atoms with E-state index in [4.69, 9.17) is 4.74 Å². The second-order valence-corrected chi connectivity index (χ2v) is 5.28. The lowest BCUT2D eigenvalue weighted by Crippen LogP contribution is -2.20. The fraction of sp³-hybridized carbons (Fsp3) is 0.500. The molecule has 2 N–H and O–H groups in total. The van der Waals surface area contributed by atoms with E-state index in [0.717, 1.165) is 5.56 Å². The van der Waals surface area contributed by atoms with Gasteiger partial charge in [0.2, 0.25) is 0 Å². The Bertz CT molecular complexity index is 447. The summed E-state index contributed by atoms with van der Waals surface area (Å²) >= 11 is 0. The minimum atomic E-state index is -0.153. The minimum absolute atomic E-state index is 0.0919. The van der Waals surface area contributed by atoms with E-state index in [1.165, 1.54) is 7.11 Å². The zero-order chi connectivity index (χ0) is 13.9. The van der Waals surface area contributed by atoms with Crippen molar-refractivity contribution in [1.82, 2.24) is 5.32 Å². The highest BCUT2D eigenvalue weighted by atomic mass is 16.5. The maximum atomic E-state index is 11.9. The van der Waals surface area contributed by atoms with Crippen LogP contribution in [0.4, 0.5) is 0 Å². The van der Waals surface area contributed by atoms with E-state index in [2.05, 4.69) is 5.32 Å². The number of rotatable bonds is 4. The normalized spacial score (nSPS) is 11.4. The first-order valence-electron chi connectivity index (χ1n) is 5.90. The number of phenols is 1. The summed E-state index contributed by atoms with van der Waals surface area (Å²) in [5.74, 6) is 0.0898. The molecule has 0 atom stereocenters. The van der Waals surface area contributed by atoms with E-state index in [1.807, 2.05) is 20.8 Å². The van der Waals surface area contributed by atoms with Crippen molar-refractivity contribution in [3.8, 4) is 11.5 Å². The third-order valence-electron chi connectivity index (χ3n) is 2.80. The quantitative estimate of drug-likeness (QED) is 0.805. The smallest absolute Gasteiger partial charge is 0.180 e. The van der Waals surface area contributed by atoms with Gasteiger partial charge in [-0.1, -0.05) is 20.8 Å². The molecule has 0 aromatic heterocycles. The van der Waals surface area contributed by atoms with Gasteiger partial charge in [-0.2, -0.15) is 0 Å². The number of likely N-dealkylation sites (N-methyl/N-ethyl adjacent to an activating group) is 1. The molecule has 0 heterocycles. The van der Waals surface area contributed by atoms with E-state index in [9.17, 15) is 9.90 Å². The number of carbonyl (C=O) groups is 1. The summed E-state index contributed by atoms with van der Waals surface area (Å²) in [6, 6.07) is 3.50. The predicted molar refractivity (Wildman–Crippen MR) is 71.6 cm³/mol. The van der Waals surface area contributed by atoms with Gasteiger partial charge in [0.25, 0.3) is 0 Å². The van der Waals surface area contributed by atoms with Crippen molar-refractivity contribution in [2.24, 2.45) is 0 Å². The Labute approximate surface area is 108 Å². The highest BCUT2D eigenvalue weighted by Gasteiger charge is 2.21. The third kappa shape index (κ3) is 3.01. The summed E-state index contributed by atoms with van der Waals surface area (Å²) in [7, 11) is 3.17. The first-order valence-corrected chi connectivity index (χ1v) is 5.90. The number of carbonyl (C=O) groups excluding carboxylic acids is 1. The molecule has 1 rings (SSSR count). The molecule has 4 heteroatoms. The summed E-state index contributed by atoms with van der Waals surface area (Å²) in [4.78, 5) is 11.9. The van der Waals surface area contributed by atoms with Crippen LogP contribution in [-0.2, 0) is 5.41 Å². The van der Waals surface area contributed by atoms with Gasteiger partial charge in [-0.05, 0) is 30.2 Å². The minimum Gasteiger partial charge on any atom is -0.504 e. The van der Waals surface area contributed by atoms with Crippen molar-refractivity contribution >= 4 is 5.78 Å². The molecular formula is C14H21NO3. The molecular weight excluding hydrogens is 230 g/mol. The third-order valence-corrected chi connectivity index (χ3v) is 2.80. The molecule has 0 spiro atoms. The van der Waals surface area contributed by atoms with Crippen molar-refractivity contribution in [2.45, 2.75) is 26.2 Å². The lowest BCUT2D eigenvalue weighted by molar-refractivity contribution is 0.0990. The monoisotopic (exact) mass is 251 g/mol. The number of benzene rings is 1. The van der Waals surface area contributed by atoms with Crippen LogP contribution >= 0.6 is 0 Å². The van der Waals surface area contributed by atoms with Gasteiger partial charge in [-0.25, -0.2) is 0 Å². The average molecular weight is 251 g/mol. The number of ether oxygens (including phenoxy) is 1. The van der Waals surface area contributed by atoms with E-state index in [-0.39, 0.29) is 23.5 Å². The Hall–Kier alpha value is -1.55. The summed E-state index contributed by atoms with van der Waals surface area (Å²) in [6.07, 6.45) is 0. The van der Waals surface area contributed by atoms with E-state index in [1.54, 1.807) is 19.2 Å². The van der Waals surface area contributed by atoms with Crippen LogP contribution in [-0.4, -0.2) is 31.6 Å². The van der Waals surface area contributed by atoms with Gasteiger partial charge in [-0.15, -0.1) is 0 Å². The van der Waals surface area contributed by atoms with Crippen LogP contribution in [0.5, 0.6) is 11.5 Å². The van der Waals surface area contributed by atoms with Crippen LogP contribution < -0.4 is 10.1 Å². The Morgan fingerprint density at radius 3 is 2.44 bits per heavy atom. The Morgan fingerprint density at radius 1 is 1.39 bits per heavy atom. The Balaban J connectivity index is 3.36. The van der Waals surface area contributed by atoms with Crippen molar-refractivity contribution in [3.63, 3.8) is 0 Å². The first-order chi connectivity index (χ1) is 8.31. The van der Waals surface area contributed by atoms with E-state index < -0.39 is 0 Å². The molecule has 100 valence electrons. The zero-order valence-electron chi connectivity index (χ0n) is 11.6. The number of ketones is 1. The van der Waals surface area contributed by atoms with Crippen molar-refractivity contribution in [1.29, 1.82) is 0 Å². The fourth-order valence-corrected chi connectivity index (χ4v) is 1.66. The van der Waals surface area contributed by atoms with Crippen molar-refractivity contribution < 1.29 is 14.6 Å². The van der Waals surface area contributed by atoms with Gasteiger partial charge < -0.3 is 15.2 Å². The summed E-state index contributed by atoms with van der Waals surface area (Å²) < 4.78 is 5.13. The van der Waals surface area contributed by atoms with Gasteiger partial charge in [0.1, 0.15) is 0 Å². The maximum Gasteiger partial charge on any atom is 0.180 e. The number of phenolic OH excluding ortho intramolecular Hbond substituents is 1. The van der Waals surface area contributed by atoms with Gasteiger partial charge >= 0.3 is 0 Å². The Kier molecular flexibility index (Phi) is 4.35. The molecule has 0 amide bonds. The second kappa shape index (κ2) is 5.40. The molecule has 0 aliphatic heterocycles. The number of aromatic hydroxyl groups is 1. The predicted octanol–water partition coefficient (Wildman–Crippen LogP) is 2.10. The van der Waals surface area contributed by atoms with Crippen LogP contribution in [0.3, 0.4) is 0 Å². The zero-order valence-corrected chi connectivity index (χ0v) is 11.6. The molecule has 0 radical (unpaired) electrons. The van der Waals surface area contributed by atoms with Crippen LogP contribution in [0.25, 0.3) is 0 Å². The van der Waals surface area contributed by atoms with Gasteiger partial charge in [0, 0.05) is 0 Å². The van der Waals surface area contributed by atoms with Crippen LogP contribution in [0.15, 0.2) is 12.1 Å². The molecule has 0 bridgehead atoms. The molecule has 0 saturated heterocycles. The molecule has 0 saturated carbocycles. The topological polar surface area (TPSA) is 58.6 Å². The molecule has 0 unspecified atom stereocenters. The number of methoxy groups -OCH3 is 1. The van der Waals surface area contributed by atoms with Crippen LogP contribution in [0, 0.1) is 0 Å². The lowest BCUT2D eigenvalue weighted by atomic mass is 9.85. The summed E-state index contributed by atoms with van der Waals surface area (Å²) in [6.45, 7) is 6.33. The maximum absolute atomic E-state index is 11.9. The highest BCUT2D eigenvalue weighted by molar-refractivity contribution is 6.01. The standard InChI is InChI=1S/C14H21NO3/c1-14(2,3)9-6-10(11(16)8-15-4)13(17)12(7-9)18-5/h6-7,15,17H,8H2,1-5H3. The summed E-state index contributed by atoms with van der Waals surface area (Å²) in [5.41, 5.74) is 1.14. The summed E-state index contributed by atoms with van der Waals surface area (Å²) in [5, 5.41) is 12.8. The molecule has 0 fully saturated rings. The SMILES string of the molecule is CNCC(=O)c1cc(C(C)(C)C)cc(OC)c1O. The molecule has 4 nitrogen and oxygen atoms in total. The van der Waals surface area contributed by atoms with Gasteiger partial charge in [0.05, 0.1) is 19.2 Å². The van der Waals surface area contributed by atoms with Gasteiger partial charge in [-0.3, -0.25) is 4.79 Å². The molecule has 18 heavy (non-hydrogen) atoms. The number of hydrogen-bond acceptors (Lipinski definition) is 4. The van der Waals surface area contributed by atoms with Crippen LogP contribution in [0.1, 0.15) is 36.7 Å². The van der Waals surface area contributed by atoms with Crippen LogP contribution in [0.2, 0.25) is 0 Å². The Morgan fingerprint density at radius 2 is 2.00 bits per heavy atom. The fourth-order valence-electron chi connectivity index (χ4n) is 1.66. The van der Waals surface area contributed by atoms with Crippen molar-refractivity contribution in [2.75, 3.05) is 20.7 Å². The van der Waals surface area contributed by atoms with E-state index >= 15 is 0 Å². The first kappa shape index (κ1) is 14.5. The van der Waals surface area contributed by atoms with Gasteiger partial charge in [0.15, 0.2) is 17.3 Å². The molecule has 1 aromatic carbocycles. The molecule has 1 aromatic rings. The van der Waals surface area contributed by atoms with Crippen molar-refractivity contribution in [3.05, 3.63) is 23.3 Å². The second-order valence-electron chi connectivity index (χ2n) is 5.28. The number of Topliss-reactive ketones (excluding diaryl/α,β-unsaturated/α-hetero) is 1. The molecule has 0 aliphatic rings.